The van der Waals surface area contributed by atoms with Crippen molar-refractivity contribution in [1.29, 1.82) is 10.5 Å². The predicted molar refractivity (Wildman–Crippen MR) is 145 cm³/mol. The van der Waals surface area contributed by atoms with Crippen LogP contribution in [-0.4, -0.2) is 0 Å². The van der Waals surface area contributed by atoms with E-state index in [1.807, 2.05) is 48.5 Å². The molecule has 6 nitrogen and oxygen atoms in total. The molecule has 0 aromatic heterocycles. The molecule has 0 unspecified atom stereocenters. The summed E-state index contributed by atoms with van der Waals surface area (Å²) in [5.41, 5.74) is 16.3. The number of hydrogen-bond donors (Lipinski definition) is 2. The fourth-order valence-corrected chi connectivity index (χ4v) is 5.59. The van der Waals surface area contributed by atoms with Gasteiger partial charge in [-0.15, -0.1) is 0 Å². The fourth-order valence-electron chi connectivity index (χ4n) is 5.34. The van der Waals surface area contributed by atoms with E-state index in [4.69, 9.17) is 44.1 Å². The molecule has 2 aliphatic rings. The van der Waals surface area contributed by atoms with Gasteiger partial charge >= 0.3 is 0 Å². The summed E-state index contributed by atoms with van der Waals surface area (Å²) >= 11 is 12.3. The second kappa shape index (κ2) is 9.04. The van der Waals surface area contributed by atoms with Gasteiger partial charge in [-0.3, -0.25) is 0 Å². The summed E-state index contributed by atoms with van der Waals surface area (Å²) in [6.45, 7) is 0. The lowest BCUT2D eigenvalue weighted by Gasteiger charge is -2.34. The lowest BCUT2D eigenvalue weighted by molar-refractivity contribution is 0.337. The summed E-state index contributed by atoms with van der Waals surface area (Å²) in [4.78, 5) is 0. The molecule has 0 saturated carbocycles. The van der Waals surface area contributed by atoms with Crippen molar-refractivity contribution in [3.8, 4) is 23.6 Å². The van der Waals surface area contributed by atoms with Gasteiger partial charge in [0.2, 0.25) is 11.8 Å². The first-order chi connectivity index (χ1) is 18.4. The zero-order chi connectivity index (χ0) is 26.6. The Labute approximate surface area is 228 Å². The predicted octanol–water partition coefficient (Wildman–Crippen LogP) is 6.58. The maximum Gasteiger partial charge on any atom is 0.205 e. The molecule has 184 valence electrons. The van der Waals surface area contributed by atoms with E-state index in [1.54, 1.807) is 24.3 Å². The van der Waals surface area contributed by atoms with Crippen molar-refractivity contribution in [1.82, 2.24) is 0 Å². The highest BCUT2D eigenvalue weighted by Gasteiger charge is 2.41. The number of rotatable bonds is 2. The highest BCUT2D eigenvalue weighted by atomic mass is 35.5. The first-order valence-electron chi connectivity index (χ1n) is 11.7. The monoisotopic (exact) mass is 536 g/mol. The van der Waals surface area contributed by atoms with Crippen LogP contribution < -0.4 is 20.9 Å². The van der Waals surface area contributed by atoms with Gasteiger partial charge in [-0.05, 0) is 46.2 Å². The molecule has 0 aliphatic carbocycles. The number of ether oxygens (including phenoxy) is 2. The average molecular weight is 537 g/mol. The molecular weight excluding hydrogens is 519 g/mol. The molecule has 4 N–H and O–H groups in total. The zero-order valence-corrected chi connectivity index (χ0v) is 21.2. The molecule has 4 aromatic carbocycles. The molecule has 0 spiro atoms. The van der Waals surface area contributed by atoms with Crippen molar-refractivity contribution in [3.63, 3.8) is 0 Å². The van der Waals surface area contributed by atoms with Crippen molar-refractivity contribution in [2.75, 3.05) is 0 Å². The van der Waals surface area contributed by atoms with Gasteiger partial charge in [-0.1, -0.05) is 71.7 Å². The Morgan fingerprint density at radius 2 is 0.974 bits per heavy atom. The number of allylic oxidation sites excluding steroid dienone is 2. The number of benzene rings is 4. The third kappa shape index (κ3) is 3.55. The highest BCUT2D eigenvalue weighted by molar-refractivity contribution is 6.30. The van der Waals surface area contributed by atoms with E-state index in [2.05, 4.69) is 12.1 Å². The lowest BCUT2D eigenvalue weighted by atomic mass is 9.76. The van der Waals surface area contributed by atoms with Gasteiger partial charge in [0.15, 0.2) is 11.5 Å². The Balaban J connectivity index is 1.73. The van der Waals surface area contributed by atoms with E-state index in [0.717, 1.165) is 33.0 Å². The minimum absolute atomic E-state index is 0.0299. The van der Waals surface area contributed by atoms with Crippen LogP contribution in [0.5, 0.6) is 11.5 Å². The minimum Gasteiger partial charge on any atom is -0.436 e. The minimum atomic E-state index is -0.545. The van der Waals surface area contributed by atoms with Gasteiger partial charge < -0.3 is 20.9 Å². The van der Waals surface area contributed by atoms with Crippen LogP contribution in [0.1, 0.15) is 34.1 Å². The van der Waals surface area contributed by atoms with Crippen LogP contribution in [0, 0.1) is 22.7 Å². The third-order valence-corrected chi connectivity index (χ3v) is 7.46. The van der Waals surface area contributed by atoms with Crippen molar-refractivity contribution in [2.24, 2.45) is 11.5 Å². The zero-order valence-electron chi connectivity index (χ0n) is 19.7. The topological polar surface area (TPSA) is 118 Å². The van der Waals surface area contributed by atoms with Crippen molar-refractivity contribution in [3.05, 3.63) is 128 Å². The molecule has 2 atom stereocenters. The van der Waals surface area contributed by atoms with E-state index in [9.17, 15) is 10.5 Å². The highest BCUT2D eigenvalue weighted by Crippen LogP contribution is 2.56. The van der Waals surface area contributed by atoms with E-state index in [-0.39, 0.29) is 22.9 Å². The Morgan fingerprint density at radius 1 is 0.605 bits per heavy atom. The third-order valence-electron chi connectivity index (χ3n) is 6.96. The molecule has 0 saturated heterocycles. The normalized spacial score (nSPS) is 18.1. The second-order valence-electron chi connectivity index (χ2n) is 8.98. The van der Waals surface area contributed by atoms with Crippen LogP contribution in [0.4, 0.5) is 0 Å². The Kier molecular flexibility index (Phi) is 5.65. The molecule has 0 fully saturated rings. The SMILES string of the molecule is N#CC1=C(N)Oc2c3c(c4ccccc4c2[C@@H]1c1ccc(Cl)cc1)[C@H](c1ccc(Cl)cc1)C(C#N)=C(N)O3. The Morgan fingerprint density at radius 3 is 1.32 bits per heavy atom. The van der Waals surface area contributed by atoms with Crippen LogP contribution >= 0.6 is 23.2 Å². The van der Waals surface area contributed by atoms with Crippen LogP contribution in [0.3, 0.4) is 0 Å². The standard InChI is InChI=1S/C30H18Cl2N4O2/c31-17-9-5-15(6-10-17)23-21(13-33)29(35)37-27-25(23)19-3-1-2-4-20(19)26-24(16-7-11-18(32)12-8-16)22(14-34)30(36)38-28(26)27/h1-12,23-24H,35-36H2/t23-,24-/m1/s1. The Hall–Kier alpha value is -4.62. The number of fused-ring (bicyclic) bond motifs is 6. The van der Waals surface area contributed by atoms with Crippen LogP contribution in [-0.2, 0) is 0 Å². The van der Waals surface area contributed by atoms with Crippen LogP contribution in [0.25, 0.3) is 10.8 Å². The van der Waals surface area contributed by atoms with Gasteiger partial charge in [0.25, 0.3) is 0 Å². The van der Waals surface area contributed by atoms with Crippen LogP contribution in [0.15, 0.2) is 95.7 Å². The first-order valence-corrected chi connectivity index (χ1v) is 12.4. The smallest absolute Gasteiger partial charge is 0.205 e. The molecule has 2 aliphatic heterocycles. The molecule has 4 aromatic rings. The number of nitrogens with two attached hydrogens (primary N) is 2. The maximum atomic E-state index is 10.1. The molecular formula is C30H18Cl2N4O2. The van der Waals surface area contributed by atoms with Gasteiger partial charge in [0.1, 0.15) is 23.3 Å². The summed E-state index contributed by atoms with van der Waals surface area (Å²) in [5.74, 6) is -0.439. The summed E-state index contributed by atoms with van der Waals surface area (Å²) < 4.78 is 12.3. The van der Waals surface area contributed by atoms with Crippen molar-refractivity contribution < 1.29 is 9.47 Å². The quantitative estimate of drug-likeness (QED) is 0.298. The Bertz CT molecular complexity index is 1650. The van der Waals surface area contributed by atoms with Gasteiger partial charge in [0.05, 0.1) is 11.8 Å². The summed E-state index contributed by atoms with van der Waals surface area (Å²) in [5, 5.41) is 23.0. The lowest BCUT2D eigenvalue weighted by Crippen LogP contribution is -2.26. The molecule has 2 heterocycles. The summed E-state index contributed by atoms with van der Waals surface area (Å²) in [6.07, 6.45) is 0. The maximum absolute atomic E-state index is 10.1. The van der Waals surface area contributed by atoms with Crippen molar-refractivity contribution >= 4 is 34.0 Å². The summed E-state index contributed by atoms with van der Waals surface area (Å²) in [7, 11) is 0. The molecule has 0 bridgehead atoms. The van der Waals surface area contributed by atoms with E-state index in [1.165, 1.54) is 0 Å². The van der Waals surface area contributed by atoms with E-state index in [0.29, 0.717) is 21.5 Å². The number of halogens is 2. The number of hydrogen-bond acceptors (Lipinski definition) is 6. The van der Waals surface area contributed by atoms with E-state index < -0.39 is 11.8 Å². The fraction of sp³-hybridized carbons (Fsp3) is 0.0667. The summed E-state index contributed by atoms with van der Waals surface area (Å²) in [6, 6.07) is 26.7. The van der Waals surface area contributed by atoms with E-state index >= 15 is 0 Å². The van der Waals surface area contributed by atoms with Gasteiger partial charge in [0, 0.05) is 21.2 Å². The molecule has 38 heavy (non-hydrogen) atoms. The molecule has 0 radical (unpaired) electrons. The molecule has 6 rings (SSSR count). The van der Waals surface area contributed by atoms with Gasteiger partial charge in [-0.2, -0.15) is 10.5 Å². The first kappa shape index (κ1) is 23.8. The largest absolute Gasteiger partial charge is 0.436 e. The molecule has 0 amide bonds. The van der Waals surface area contributed by atoms with Gasteiger partial charge in [-0.25, -0.2) is 0 Å². The number of nitriles is 2. The number of nitrogens with zero attached hydrogens (tertiary/aromatic N) is 2. The molecule has 8 heteroatoms. The van der Waals surface area contributed by atoms with Crippen molar-refractivity contribution in [2.45, 2.75) is 11.8 Å². The van der Waals surface area contributed by atoms with Crippen LogP contribution in [0.2, 0.25) is 10.0 Å². The second-order valence-corrected chi connectivity index (χ2v) is 9.86. The average Bonchev–Trinajstić information content (AvgIpc) is 2.93.